The quantitative estimate of drug-likeness (QED) is 0.544. The Morgan fingerprint density at radius 1 is 1.03 bits per heavy atom. The number of alkyl halides is 2. The highest BCUT2D eigenvalue weighted by atomic mass is 19.3. The number of aliphatic carboxylic acids is 1. The van der Waals surface area contributed by atoms with Gasteiger partial charge in [-0.25, -0.2) is 18.4 Å². The van der Waals surface area contributed by atoms with Crippen LogP contribution in [0.15, 0.2) is 48.5 Å². The first-order valence-electron chi connectivity index (χ1n) is 11.1. The molecular formula is C25H26F2N2O5. The summed E-state index contributed by atoms with van der Waals surface area (Å²) in [5, 5.41) is 13.7. The first-order chi connectivity index (χ1) is 16.1. The number of benzene rings is 2. The van der Waals surface area contributed by atoms with E-state index in [1.54, 1.807) is 13.8 Å². The van der Waals surface area contributed by atoms with Crippen LogP contribution >= 0.6 is 0 Å². The summed E-state index contributed by atoms with van der Waals surface area (Å²) in [6.45, 7) is 2.72. The Morgan fingerprint density at radius 3 is 2.12 bits per heavy atom. The maximum Gasteiger partial charge on any atom is 0.407 e. The fourth-order valence-corrected chi connectivity index (χ4v) is 4.60. The number of hydrogen-bond donors (Lipinski definition) is 3. The number of carbonyl (C=O) groups is 3. The number of carboxylic acid groups (broad SMARTS) is 1. The number of alkyl carbamates (subject to hydrolysis) is 1. The van der Waals surface area contributed by atoms with Crippen LogP contribution in [0.3, 0.4) is 0 Å². The van der Waals surface area contributed by atoms with Gasteiger partial charge in [-0.1, -0.05) is 62.4 Å². The Hall–Kier alpha value is -3.49. The van der Waals surface area contributed by atoms with Crippen LogP contribution in [0.4, 0.5) is 13.6 Å². The van der Waals surface area contributed by atoms with Crippen molar-refractivity contribution in [2.75, 3.05) is 13.2 Å². The minimum Gasteiger partial charge on any atom is -0.480 e. The number of hydrogen-bond acceptors (Lipinski definition) is 4. The molecule has 180 valence electrons. The molecule has 34 heavy (non-hydrogen) atoms. The lowest BCUT2D eigenvalue weighted by Crippen LogP contribution is -2.45. The van der Waals surface area contributed by atoms with Crippen molar-refractivity contribution in [1.82, 2.24) is 10.6 Å². The van der Waals surface area contributed by atoms with E-state index in [0.29, 0.717) is 0 Å². The highest BCUT2D eigenvalue weighted by Gasteiger charge is 2.71. The van der Waals surface area contributed by atoms with Gasteiger partial charge in [0.2, 0.25) is 5.91 Å². The smallest absolute Gasteiger partial charge is 0.407 e. The van der Waals surface area contributed by atoms with Crippen molar-refractivity contribution in [3.63, 3.8) is 0 Å². The first-order valence-corrected chi connectivity index (χ1v) is 11.1. The molecule has 9 heteroatoms. The van der Waals surface area contributed by atoms with Crippen molar-refractivity contribution >= 4 is 18.0 Å². The number of rotatable bonds is 8. The largest absolute Gasteiger partial charge is 0.480 e. The summed E-state index contributed by atoms with van der Waals surface area (Å²) >= 11 is 0. The summed E-state index contributed by atoms with van der Waals surface area (Å²) in [6.07, 6.45) is -0.852. The Morgan fingerprint density at radius 2 is 1.59 bits per heavy atom. The standard InChI is InChI=1S/C25H26F2N2O5/c1-13(2)21(23(31)32)29-22(30)20-19(25(20,26)27)11-28-24(33)34-12-18-16-9-5-3-7-14(16)15-8-4-6-10-17(15)18/h3-10,13,18-21H,11-12H2,1-2H3,(H,28,33)(H,29,30)(H,31,32)/t19-,20-,21-/m0/s1. The highest BCUT2D eigenvalue weighted by Crippen LogP contribution is 2.55. The summed E-state index contributed by atoms with van der Waals surface area (Å²) in [5.41, 5.74) is 4.19. The summed E-state index contributed by atoms with van der Waals surface area (Å²) in [7, 11) is 0. The molecule has 2 aromatic rings. The minimum absolute atomic E-state index is 0.0412. The highest BCUT2D eigenvalue weighted by molar-refractivity contribution is 5.88. The second kappa shape index (κ2) is 9.04. The van der Waals surface area contributed by atoms with Crippen molar-refractivity contribution in [3.05, 3.63) is 59.7 Å². The molecule has 2 aliphatic carbocycles. The van der Waals surface area contributed by atoms with Gasteiger partial charge in [0, 0.05) is 12.5 Å². The van der Waals surface area contributed by atoms with E-state index in [4.69, 9.17) is 9.84 Å². The molecule has 2 aliphatic rings. The molecular weight excluding hydrogens is 446 g/mol. The molecule has 0 radical (unpaired) electrons. The fourth-order valence-electron chi connectivity index (χ4n) is 4.60. The minimum atomic E-state index is -3.33. The number of carboxylic acids is 1. The third kappa shape index (κ3) is 4.34. The van der Waals surface area contributed by atoms with Gasteiger partial charge in [0.15, 0.2) is 0 Å². The molecule has 0 spiro atoms. The molecule has 1 fully saturated rings. The van der Waals surface area contributed by atoms with Crippen LogP contribution in [0, 0.1) is 17.8 Å². The molecule has 4 rings (SSSR count). The molecule has 0 heterocycles. The second-order valence-electron chi connectivity index (χ2n) is 9.03. The molecule has 0 saturated heterocycles. The van der Waals surface area contributed by atoms with Gasteiger partial charge in [-0.2, -0.15) is 0 Å². The van der Waals surface area contributed by atoms with Crippen molar-refractivity contribution < 1.29 is 33.0 Å². The number of amides is 2. The van der Waals surface area contributed by atoms with Crippen molar-refractivity contribution in [3.8, 4) is 11.1 Å². The van der Waals surface area contributed by atoms with Crippen molar-refractivity contribution in [1.29, 1.82) is 0 Å². The third-order valence-electron chi connectivity index (χ3n) is 6.53. The van der Waals surface area contributed by atoms with E-state index >= 15 is 0 Å². The van der Waals surface area contributed by atoms with E-state index in [0.717, 1.165) is 22.3 Å². The van der Waals surface area contributed by atoms with E-state index in [-0.39, 0.29) is 12.5 Å². The van der Waals surface area contributed by atoms with E-state index in [9.17, 15) is 23.2 Å². The molecule has 2 aromatic carbocycles. The van der Waals surface area contributed by atoms with Gasteiger partial charge >= 0.3 is 12.1 Å². The Balaban J connectivity index is 1.32. The predicted molar refractivity (Wildman–Crippen MR) is 119 cm³/mol. The lowest BCUT2D eigenvalue weighted by atomic mass is 9.98. The summed E-state index contributed by atoms with van der Waals surface area (Å²) in [4.78, 5) is 35.7. The molecule has 0 bridgehead atoms. The van der Waals surface area contributed by atoms with Crippen LogP contribution in [-0.2, 0) is 14.3 Å². The number of fused-ring (bicyclic) bond motifs is 3. The van der Waals surface area contributed by atoms with Crippen LogP contribution in [-0.4, -0.2) is 48.2 Å². The summed E-state index contributed by atoms with van der Waals surface area (Å²) in [5.74, 6) is -9.40. The third-order valence-corrected chi connectivity index (χ3v) is 6.53. The second-order valence-corrected chi connectivity index (χ2v) is 9.03. The fraction of sp³-hybridized carbons (Fsp3) is 0.400. The topological polar surface area (TPSA) is 105 Å². The van der Waals surface area contributed by atoms with E-state index in [1.807, 2.05) is 48.5 Å². The van der Waals surface area contributed by atoms with E-state index < -0.39 is 54.2 Å². The predicted octanol–water partition coefficient (Wildman–Crippen LogP) is 3.63. The van der Waals surface area contributed by atoms with Crippen LogP contribution in [0.25, 0.3) is 11.1 Å². The number of carbonyl (C=O) groups excluding carboxylic acids is 2. The average Bonchev–Trinajstić information content (AvgIpc) is 3.20. The van der Waals surface area contributed by atoms with Gasteiger partial charge < -0.3 is 20.5 Å². The maximum absolute atomic E-state index is 14.2. The average molecular weight is 472 g/mol. The molecule has 2 amide bonds. The molecule has 0 aliphatic heterocycles. The molecule has 1 saturated carbocycles. The summed E-state index contributed by atoms with van der Waals surface area (Å²) < 4.78 is 33.7. The van der Waals surface area contributed by atoms with Gasteiger partial charge in [0.1, 0.15) is 18.6 Å². The number of nitrogens with one attached hydrogen (secondary N) is 2. The lowest BCUT2D eigenvalue weighted by molar-refractivity contribution is -0.143. The molecule has 3 N–H and O–H groups in total. The number of ether oxygens (including phenoxy) is 1. The Bertz CT molecular complexity index is 1070. The van der Waals surface area contributed by atoms with Gasteiger partial charge in [0.25, 0.3) is 5.92 Å². The zero-order valence-electron chi connectivity index (χ0n) is 18.8. The van der Waals surface area contributed by atoms with Crippen molar-refractivity contribution in [2.45, 2.75) is 31.7 Å². The van der Waals surface area contributed by atoms with Gasteiger partial charge in [-0.05, 0) is 28.2 Å². The zero-order valence-corrected chi connectivity index (χ0v) is 18.8. The normalized spacial score (nSPS) is 20.7. The van der Waals surface area contributed by atoms with Crippen LogP contribution in [0.2, 0.25) is 0 Å². The lowest BCUT2D eigenvalue weighted by Gasteiger charge is -2.17. The van der Waals surface area contributed by atoms with Crippen LogP contribution < -0.4 is 10.6 Å². The maximum atomic E-state index is 14.2. The Labute approximate surface area is 195 Å². The van der Waals surface area contributed by atoms with Gasteiger partial charge in [-0.3, -0.25) is 4.79 Å². The molecule has 7 nitrogen and oxygen atoms in total. The van der Waals surface area contributed by atoms with E-state index in [2.05, 4.69) is 10.6 Å². The van der Waals surface area contributed by atoms with Crippen molar-refractivity contribution in [2.24, 2.45) is 17.8 Å². The number of halogens is 2. The first kappa shape index (κ1) is 23.7. The molecule has 3 atom stereocenters. The monoisotopic (exact) mass is 472 g/mol. The van der Waals surface area contributed by atoms with E-state index in [1.165, 1.54) is 0 Å². The molecule has 0 aromatic heterocycles. The van der Waals surface area contributed by atoms with Crippen LogP contribution in [0.1, 0.15) is 30.9 Å². The van der Waals surface area contributed by atoms with Gasteiger partial charge in [0.05, 0.1) is 5.92 Å². The molecule has 0 unspecified atom stereocenters. The zero-order chi connectivity index (χ0) is 24.6. The summed E-state index contributed by atoms with van der Waals surface area (Å²) in [6, 6.07) is 14.4. The SMILES string of the molecule is CC(C)[C@H](NC(=O)[C@@H]1[C@H](CNC(=O)OCC2c3ccccc3-c3ccccc32)C1(F)F)C(=O)O. The van der Waals surface area contributed by atoms with Crippen LogP contribution in [0.5, 0.6) is 0 Å². The Kier molecular flexibility index (Phi) is 6.29. The van der Waals surface area contributed by atoms with Gasteiger partial charge in [-0.15, -0.1) is 0 Å².